The summed E-state index contributed by atoms with van der Waals surface area (Å²) in [5.41, 5.74) is 0.160. The maximum atomic E-state index is 12.5. The summed E-state index contributed by atoms with van der Waals surface area (Å²) < 4.78 is 5.08. The van der Waals surface area contributed by atoms with Crippen LogP contribution < -0.4 is 5.32 Å². The van der Waals surface area contributed by atoms with Gasteiger partial charge >= 0.3 is 5.97 Å². The van der Waals surface area contributed by atoms with Crippen molar-refractivity contribution >= 4 is 28.7 Å². The van der Waals surface area contributed by atoms with Gasteiger partial charge in [0.05, 0.1) is 6.26 Å². The standard InChI is InChI=1S/C18H13NO4/c20-17(15-9-3-6-12-5-1-2-8-14(12)15)19-16(18(21)22)11-13-7-4-10-23-13/h1-11H,(H,19,20)(H,21,22). The maximum Gasteiger partial charge on any atom is 0.352 e. The second kappa shape index (κ2) is 6.19. The van der Waals surface area contributed by atoms with E-state index in [0.717, 1.165) is 10.8 Å². The predicted octanol–water partition coefficient (Wildman–Crippen LogP) is 3.29. The van der Waals surface area contributed by atoms with Crippen LogP contribution in [-0.2, 0) is 4.79 Å². The summed E-state index contributed by atoms with van der Waals surface area (Å²) in [5, 5.41) is 13.4. The van der Waals surface area contributed by atoms with E-state index in [2.05, 4.69) is 5.32 Å². The minimum Gasteiger partial charge on any atom is -0.477 e. The van der Waals surface area contributed by atoms with Gasteiger partial charge in [0.15, 0.2) is 0 Å². The van der Waals surface area contributed by atoms with Gasteiger partial charge in [-0.05, 0) is 29.0 Å². The molecule has 1 heterocycles. The molecule has 0 bridgehead atoms. The fourth-order valence-corrected chi connectivity index (χ4v) is 2.28. The summed E-state index contributed by atoms with van der Waals surface area (Å²) in [4.78, 5) is 23.8. The highest BCUT2D eigenvalue weighted by Crippen LogP contribution is 2.19. The van der Waals surface area contributed by atoms with Gasteiger partial charge in [0, 0.05) is 11.6 Å². The maximum absolute atomic E-state index is 12.5. The molecule has 2 aromatic carbocycles. The highest BCUT2D eigenvalue weighted by molar-refractivity contribution is 6.10. The molecule has 0 saturated heterocycles. The third-order valence-electron chi connectivity index (χ3n) is 3.34. The Morgan fingerprint density at radius 2 is 1.78 bits per heavy atom. The van der Waals surface area contributed by atoms with E-state index in [-0.39, 0.29) is 5.70 Å². The van der Waals surface area contributed by atoms with Gasteiger partial charge in [-0.25, -0.2) is 4.79 Å². The van der Waals surface area contributed by atoms with Gasteiger partial charge in [0.2, 0.25) is 0 Å². The summed E-state index contributed by atoms with van der Waals surface area (Å²) in [7, 11) is 0. The van der Waals surface area contributed by atoms with E-state index < -0.39 is 11.9 Å². The minimum absolute atomic E-state index is 0.252. The highest BCUT2D eigenvalue weighted by atomic mass is 16.4. The van der Waals surface area contributed by atoms with Crippen molar-refractivity contribution in [3.05, 3.63) is 77.9 Å². The molecule has 0 radical (unpaired) electrons. The first-order valence-electron chi connectivity index (χ1n) is 6.93. The number of aliphatic carboxylic acids is 1. The lowest BCUT2D eigenvalue weighted by molar-refractivity contribution is -0.132. The van der Waals surface area contributed by atoms with Crippen LogP contribution in [0.1, 0.15) is 16.1 Å². The van der Waals surface area contributed by atoms with E-state index in [4.69, 9.17) is 4.42 Å². The zero-order valence-corrected chi connectivity index (χ0v) is 12.0. The van der Waals surface area contributed by atoms with Crippen LogP contribution in [0.5, 0.6) is 0 Å². The van der Waals surface area contributed by atoms with Gasteiger partial charge in [0.1, 0.15) is 11.5 Å². The molecule has 23 heavy (non-hydrogen) atoms. The third-order valence-corrected chi connectivity index (χ3v) is 3.34. The Bertz CT molecular complexity index is 889. The topological polar surface area (TPSA) is 79.5 Å². The van der Waals surface area contributed by atoms with E-state index in [1.54, 1.807) is 24.3 Å². The van der Waals surface area contributed by atoms with Gasteiger partial charge in [-0.2, -0.15) is 0 Å². The van der Waals surface area contributed by atoms with Crippen molar-refractivity contribution < 1.29 is 19.1 Å². The molecule has 3 rings (SSSR count). The number of rotatable bonds is 4. The molecule has 2 N–H and O–H groups in total. The predicted molar refractivity (Wildman–Crippen MR) is 85.7 cm³/mol. The molecular weight excluding hydrogens is 294 g/mol. The molecule has 3 aromatic rings. The number of furan rings is 1. The van der Waals surface area contributed by atoms with Crippen LogP contribution in [0.3, 0.4) is 0 Å². The summed E-state index contributed by atoms with van der Waals surface area (Å²) >= 11 is 0. The van der Waals surface area contributed by atoms with Crippen molar-refractivity contribution in [3.8, 4) is 0 Å². The Kier molecular flexibility index (Phi) is 3.93. The highest BCUT2D eigenvalue weighted by Gasteiger charge is 2.15. The van der Waals surface area contributed by atoms with Gasteiger partial charge in [0.25, 0.3) is 5.91 Å². The molecule has 0 spiro atoms. The largest absolute Gasteiger partial charge is 0.477 e. The number of carboxylic acids is 1. The lowest BCUT2D eigenvalue weighted by Gasteiger charge is -2.08. The number of carbonyl (C=O) groups is 2. The van der Waals surface area contributed by atoms with Gasteiger partial charge in [-0.3, -0.25) is 4.79 Å². The molecule has 114 valence electrons. The first kappa shape index (κ1) is 14.6. The van der Waals surface area contributed by atoms with Gasteiger partial charge in [-0.15, -0.1) is 0 Å². The number of amides is 1. The van der Waals surface area contributed by atoms with E-state index in [0.29, 0.717) is 11.3 Å². The van der Waals surface area contributed by atoms with Crippen LogP contribution in [-0.4, -0.2) is 17.0 Å². The van der Waals surface area contributed by atoms with Crippen molar-refractivity contribution in [2.45, 2.75) is 0 Å². The van der Waals surface area contributed by atoms with E-state index in [1.165, 1.54) is 12.3 Å². The van der Waals surface area contributed by atoms with Crippen molar-refractivity contribution in [2.24, 2.45) is 0 Å². The second-order valence-corrected chi connectivity index (χ2v) is 4.86. The van der Waals surface area contributed by atoms with E-state index in [1.807, 2.05) is 30.3 Å². The lowest BCUT2D eigenvalue weighted by Crippen LogP contribution is -2.27. The SMILES string of the molecule is O=C(O)C(=Cc1ccco1)NC(=O)c1cccc2ccccc12. The quantitative estimate of drug-likeness (QED) is 0.725. The Morgan fingerprint density at radius 1 is 1.00 bits per heavy atom. The summed E-state index contributed by atoms with van der Waals surface area (Å²) in [5.74, 6) is -1.38. The molecule has 1 amide bonds. The molecule has 0 aliphatic heterocycles. The first-order chi connectivity index (χ1) is 11.1. The molecule has 1 aromatic heterocycles. The Hall–Kier alpha value is -3.34. The summed E-state index contributed by atoms with van der Waals surface area (Å²) in [6.07, 6.45) is 2.70. The molecule has 5 nitrogen and oxygen atoms in total. The molecule has 0 aliphatic rings. The third kappa shape index (κ3) is 3.13. The van der Waals surface area contributed by atoms with E-state index >= 15 is 0 Å². The van der Waals surface area contributed by atoms with Gasteiger partial charge < -0.3 is 14.8 Å². The average molecular weight is 307 g/mol. The molecule has 0 saturated carbocycles. The van der Waals surface area contributed by atoms with Crippen LogP contribution in [0.25, 0.3) is 16.8 Å². The fourth-order valence-electron chi connectivity index (χ4n) is 2.28. The molecule has 0 atom stereocenters. The Labute approximate surface area is 131 Å². The fraction of sp³-hybridized carbons (Fsp3) is 0. The Balaban J connectivity index is 1.94. The van der Waals surface area contributed by atoms with Crippen molar-refractivity contribution in [1.29, 1.82) is 0 Å². The number of carboxylic acid groups (broad SMARTS) is 1. The van der Waals surface area contributed by atoms with Crippen LogP contribution in [0.4, 0.5) is 0 Å². The summed E-state index contributed by atoms with van der Waals surface area (Å²) in [6.45, 7) is 0. The number of fused-ring (bicyclic) bond motifs is 1. The summed E-state index contributed by atoms with van der Waals surface area (Å²) in [6, 6.07) is 16.0. The van der Waals surface area contributed by atoms with E-state index in [9.17, 15) is 14.7 Å². The number of nitrogens with one attached hydrogen (secondary N) is 1. The van der Waals surface area contributed by atoms with Crippen LogP contribution >= 0.6 is 0 Å². The van der Waals surface area contributed by atoms with Crippen molar-refractivity contribution in [2.75, 3.05) is 0 Å². The molecule has 0 aliphatic carbocycles. The number of carbonyl (C=O) groups excluding carboxylic acids is 1. The minimum atomic E-state index is -1.24. The van der Waals surface area contributed by atoms with Gasteiger partial charge in [-0.1, -0.05) is 36.4 Å². The van der Waals surface area contributed by atoms with Crippen LogP contribution in [0.15, 0.2) is 71.0 Å². The normalized spacial score (nSPS) is 11.4. The monoisotopic (exact) mass is 307 g/mol. The second-order valence-electron chi connectivity index (χ2n) is 4.86. The van der Waals surface area contributed by atoms with Crippen LogP contribution in [0, 0.1) is 0 Å². The first-order valence-corrected chi connectivity index (χ1v) is 6.93. The molecule has 5 heteroatoms. The van der Waals surface area contributed by atoms with Crippen LogP contribution in [0.2, 0.25) is 0 Å². The van der Waals surface area contributed by atoms with Crippen molar-refractivity contribution in [3.63, 3.8) is 0 Å². The smallest absolute Gasteiger partial charge is 0.352 e. The molecule has 0 fully saturated rings. The zero-order valence-electron chi connectivity index (χ0n) is 12.0. The average Bonchev–Trinajstić information content (AvgIpc) is 3.06. The Morgan fingerprint density at radius 3 is 2.52 bits per heavy atom. The number of benzene rings is 2. The lowest BCUT2D eigenvalue weighted by atomic mass is 10.0. The van der Waals surface area contributed by atoms with Crippen molar-refractivity contribution in [1.82, 2.24) is 5.32 Å². The number of hydrogen-bond acceptors (Lipinski definition) is 3. The number of hydrogen-bond donors (Lipinski definition) is 2. The molecule has 0 unspecified atom stereocenters. The zero-order chi connectivity index (χ0) is 16.2. The molecular formula is C18H13NO4.